The molecule has 3 heteroatoms. The van der Waals surface area contributed by atoms with Crippen molar-refractivity contribution < 1.29 is 4.74 Å². The van der Waals surface area contributed by atoms with Gasteiger partial charge < -0.3 is 4.74 Å². The Balaban J connectivity index is 2.02. The van der Waals surface area contributed by atoms with Gasteiger partial charge in [-0.15, -0.1) is 11.8 Å². The van der Waals surface area contributed by atoms with Crippen molar-refractivity contribution >= 4 is 28.2 Å². The highest BCUT2D eigenvalue weighted by Gasteiger charge is 2.22. The Hall–Kier alpha value is 0.140. The van der Waals surface area contributed by atoms with E-state index in [1.54, 1.807) is 17.8 Å². The number of epoxide rings is 1. The Morgan fingerprint density at radius 2 is 2.67 bits per heavy atom. The number of thiocarbonyl (C=S) groups is 1. The van der Waals surface area contributed by atoms with Crippen LogP contribution in [0.5, 0.6) is 0 Å². The maximum Gasteiger partial charge on any atom is 0.0903 e. The van der Waals surface area contributed by atoms with Crippen LogP contribution in [-0.2, 0) is 4.74 Å². The molecule has 1 saturated heterocycles. The Labute approximate surface area is 64.5 Å². The summed E-state index contributed by atoms with van der Waals surface area (Å²) in [6, 6.07) is 0. The fraction of sp³-hybridized carbons (Fsp3) is 0.500. The predicted molar refractivity (Wildman–Crippen MR) is 45.0 cm³/mol. The van der Waals surface area contributed by atoms with Crippen molar-refractivity contribution in [1.82, 2.24) is 0 Å². The lowest BCUT2D eigenvalue weighted by molar-refractivity contribution is 0.426. The van der Waals surface area contributed by atoms with E-state index in [-0.39, 0.29) is 0 Å². The monoisotopic (exact) mass is 160 g/mol. The molecule has 1 rings (SSSR count). The number of ether oxygens (including phenoxy) is 1. The first-order valence-corrected chi connectivity index (χ1v) is 4.13. The van der Waals surface area contributed by atoms with Crippen molar-refractivity contribution in [3.63, 3.8) is 0 Å². The van der Waals surface area contributed by atoms with Gasteiger partial charge in [-0.2, -0.15) is 0 Å². The molecular formula is C6H8OS2. The van der Waals surface area contributed by atoms with E-state index in [1.165, 1.54) is 0 Å². The average molecular weight is 160 g/mol. The second-order valence-corrected chi connectivity index (χ2v) is 3.55. The van der Waals surface area contributed by atoms with E-state index in [0.717, 1.165) is 16.6 Å². The van der Waals surface area contributed by atoms with Gasteiger partial charge in [0.2, 0.25) is 0 Å². The third kappa shape index (κ3) is 2.98. The van der Waals surface area contributed by atoms with E-state index in [1.807, 2.05) is 0 Å². The smallest absolute Gasteiger partial charge is 0.0903 e. The van der Waals surface area contributed by atoms with Crippen molar-refractivity contribution in [3.05, 3.63) is 12.7 Å². The second kappa shape index (κ2) is 3.34. The zero-order chi connectivity index (χ0) is 6.69. The Morgan fingerprint density at radius 1 is 2.00 bits per heavy atom. The van der Waals surface area contributed by atoms with Crippen molar-refractivity contribution in [3.8, 4) is 0 Å². The lowest BCUT2D eigenvalue weighted by atomic mass is 10.6. The molecule has 1 aliphatic heterocycles. The fourth-order valence-corrected chi connectivity index (χ4v) is 1.26. The van der Waals surface area contributed by atoms with Crippen molar-refractivity contribution in [2.24, 2.45) is 0 Å². The first kappa shape index (κ1) is 7.25. The SMILES string of the molecule is C=CC(=S)SCC1CO1. The topological polar surface area (TPSA) is 12.5 Å². The van der Waals surface area contributed by atoms with Gasteiger partial charge in [0.05, 0.1) is 16.9 Å². The third-order valence-corrected chi connectivity index (χ3v) is 2.49. The van der Waals surface area contributed by atoms with Gasteiger partial charge >= 0.3 is 0 Å². The minimum atomic E-state index is 0.466. The minimum Gasteiger partial charge on any atom is -0.372 e. The van der Waals surface area contributed by atoms with Crippen LogP contribution in [0.2, 0.25) is 0 Å². The van der Waals surface area contributed by atoms with E-state index in [4.69, 9.17) is 17.0 Å². The summed E-state index contributed by atoms with van der Waals surface area (Å²) in [6.45, 7) is 4.47. The van der Waals surface area contributed by atoms with Gasteiger partial charge in [-0.25, -0.2) is 0 Å². The summed E-state index contributed by atoms with van der Waals surface area (Å²) in [5.41, 5.74) is 0. The molecular weight excluding hydrogens is 152 g/mol. The van der Waals surface area contributed by atoms with Crippen molar-refractivity contribution in [1.29, 1.82) is 0 Å². The van der Waals surface area contributed by atoms with Crippen LogP contribution in [-0.4, -0.2) is 22.7 Å². The average Bonchev–Trinajstić information content (AvgIpc) is 2.65. The zero-order valence-electron chi connectivity index (χ0n) is 5.00. The molecule has 0 N–H and O–H groups in total. The quantitative estimate of drug-likeness (QED) is 0.354. The second-order valence-electron chi connectivity index (χ2n) is 1.79. The first-order valence-electron chi connectivity index (χ1n) is 2.73. The molecule has 0 bridgehead atoms. The number of thioether (sulfide) groups is 1. The normalized spacial score (nSPS) is 23.3. The molecule has 1 heterocycles. The maximum atomic E-state index is 4.99. The number of hydrogen-bond donors (Lipinski definition) is 0. The van der Waals surface area contributed by atoms with Crippen LogP contribution in [0.1, 0.15) is 0 Å². The molecule has 1 unspecified atom stereocenters. The van der Waals surface area contributed by atoms with E-state index in [0.29, 0.717) is 6.10 Å². The third-order valence-electron chi connectivity index (χ3n) is 0.981. The minimum absolute atomic E-state index is 0.466. The van der Waals surface area contributed by atoms with E-state index in [9.17, 15) is 0 Å². The highest BCUT2D eigenvalue weighted by atomic mass is 32.2. The standard InChI is InChI=1S/C6H8OS2/c1-2-6(8)9-4-5-3-7-5/h2,5H,1,3-4H2. The van der Waals surface area contributed by atoms with Crippen LogP contribution in [0.15, 0.2) is 12.7 Å². The largest absolute Gasteiger partial charge is 0.372 e. The lowest BCUT2D eigenvalue weighted by Crippen LogP contribution is -1.91. The van der Waals surface area contributed by atoms with Crippen LogP contribution in [0.4, 0.5) is 0 Å². The summed E-state index contributed by atoms with van der Waals surface area (Å²) in [4.78, 5) is 0. The highest BCUT2D eigenvalue weighted by molar-refractivity contribution is 8.23. The van der Waals surface area contributed by atoms with E-state index >= 15 is 0 Å². The highest BCUT2D eigenvalue weighted by Crippen LogP contribution is 2.17. The molecule has 0 aromatic heterocycles. The summed E-state index contributed by atoms with van der Waals surface area (Å²) < 4.78 is 5.85. The molecule has 0 spiro atoms. The van der Waals surface area contributed by atoms with Gasteiger partial charge in [0.15, 0.2) is 0 Å². The summed E-state index contributed by atoms with van der Waals surface area (Å²) in [6.07, 6.45) is 2.16. The molecule has 0 amide bonds. The molecule has 1 aliphatic rings. The van der Waals surface area contributed by atoms with E-state index < -0.39 is 0 Å². The summed E-state index contributed by atoms with van der Waals surface area (Å²) >= 11 is 6.53. The molecule has 1 fully saturated rings. The molecule has 1 atom stereocenters. The number of hydrogen-bond acceptors (Lipinski definition) is 3. The van der Waals surface area contributed by atoms with E-state index in [2.05, 4.69) is 6.58 Å². The lowest BCUT2D eigenvalue weighted by Gasteiger charge is -1.91. The fourth-order valence-electron chi connectivity index (χ4n) is 0.398. The maximum absolute atomic E-state index is 4.99. The number of rotatable bonds is 3. The molecule has 50 valence electrons. The van der Waals surface area contributed by atoms with Crippen LogP contribution in [0, 0.1) is 0 Å². The predicted octanol–water partition coefficient (Wildman–Crippen LogP) is 1.63. The van der Waals surface area contributed by atoms with Gasteiger partial charge in [0.1, 0.15) is 0 Å². The summed E-state index contributed by atoms with van der Waals surface area (Å²) in [7, 11) is 0. The summed E-state index contributed by atoms with van der Waals surface area (Å²) in [5, 5.41) is 0. The molecule has 9 heavy (non-hydrogen) atoms. The van der Waals surface area contributed by atoms with Gasteiger partial charge in [0, 0.05) is 5.75 Å². The Bertz CT molecular complexity index is 129. The molecule has 0 aromatic rings. The van der Waals surface area contributed by atoms with Crippen LogP contribution < -0.4 is 0 Å². The van der Waals surface area contributed by atoms with Gasteiger partial charge in [0.25, 0.3) is 0 Å². The van der Waals surface area contributed by atoms with Crippen molar-refractivity contribution in [2.45, 2.75) is 6.10 Å². The van der Waals surface area contributed by atoms with Crippen LogP contribution in [0.25, 0.3) is 0 Å². The Kier molecular flexibility index (Phi) is 2.69. The first-order chi connectivity index (χ1) is 4.33. The summed E-state index contributed by atoms with van der Waals surface area (Å²) in [5.74, 6) is 0.991. The molecule has 0 radical (unpaired) electrons. The van der Waals surface area contributed by atoms with Gasteiger partial charge in [-0.3, -0.25) is 0 Å². The molecule has 0 aromatic carbocycles. The molecule has 0 saturated carbocycles. The van der Waals surface area contributed by atoms with Crippen molar-refractivity contribution in [2.75, 3.05) is 12.4 Å². The van der Waals surface area contributed by atoms with Crippen LogP contribution >= 0.6 is 24.0 Å². The zero-order valence-corrected chi connectivity index (χ0v) is 6.63. The molecule has 1 nitrogen and oxygen atoms in total. The molecule has 0 aliphatic carbocycles. The van der Waals surface area contributed by atoms with Crippen LogP contribution in [0.3, 0.4) is 0 Å². The van der Waals surface area contributed by atoms with Gasteiger partial charge in [-0.05, 0) is 6.08 Å². The van der Waals surface area contributed by atoms with Gasteiger partial charge in [-0.1, -0.05) is 18.8 Å². The Morgan fingerprint density at radius 3 is 3.11 bits per heavy atom.